The van der Waals surface area contributed by atoms with Gasteiger partial charge in [-0.25, -0.2) is 8.78 Å². The number of nitrogens with two attached hydrogens (primary N) is 1. The van der Waals surface area contributed by atoms with Gasteiger partial charge in [-0.2, -0.15) is 0 Å². The molecule has 1 unspecified atom stereocenters. The van der Waals surface area contributed by atoms with Crippen LogP contribution in [-0.2, 0) is 0 Å². The summed E-state index contributed by atoms with van der Waals surface area (Å²) in [6.45, 7) is 1.31. The molecule has 1 atom stereocenters. The van der Waals surface area contributed by atoms with Gasteiger partial charge < -0.3 is 15.5 Å². The molecule has 3 nitrogen and oxygen atoms in total. The first-order chi connectivity index (χ1) is 7.99. The molecule has 1 aliphatic heterocycles. The molecule has 1 heterocycles. The number of halogens is 2. The molecule has 0 saturated carbocycles. The average Bonchev–Trinajstić information content (AvgIpc) is 2.65. The molecule has 1 fully saturated rings. The monoisotopic (exact) mass is 241 g/mol. The van der Waals surface area contributed by atoms with Crippen LogP contribution in [0.2, 0.25) is 0 Å². The molecule has 1 saturated heterocycles. The number of hydrogen-bond acceptors (Lipinski definition) is 3. The zero-order chi connectivity index (χ0) is 12.6. The Morgan fingerprint density at radius 2 is 1.88 bits per heavy atom. The number of anilines is 2. The van der Waals surface area contributed by atoms with Crippen LogP contribution >= 0.6 is 0 Å². The number of likely N-dealkylation sites (N-methyl/N-ethyl adjacent to an activating group) is 1. The van der Waals surface area contributed by atoms with Crippen molar-refractivity contribution in [2.24, 2.45) is 0 Å². The highest BCUT2D eigenvalue weighted by atomic mass is 19.1. The van der Waals surface area contributed by atoms with Gasteiger partial charge in [0, 0.05) is 24.8 Å². The normalized spacial score (nSPS) is 20.3. The van der Waals surface area contributed by atoms with E-state index in [1.165, 1.54) is 12.1 Å². The summed E-state index contributed by atoms with van der Waals surface area (Å²) in [6.07, 6.45) is 0.913. The number of rotatable bonds is 2. The van der Waals surface area contributed by atoms with Crippen LogP contribution in [0.4, 0.5) is 20.2 Å². The average molecular weight is 241 g/mol. The molecule has 0 bridgehead atoms. The third-order valence-corrected chi connectivity index (χ3v) is 3.25. The van der Waals surface area contributed by atoms with E-state index in [1.807, 2.05) is 14.1 Å². The summed E-state index contributed by atoms with van der Waals surface area (Å²) in [7, 11) is 3.95. The Morgan fingerprint density at radius 1 is 1.29 bits per heavy atom. The minimum atomic E-state index is -0.582. The number of benzene rings is 1. The fourth-order valence-corrected chi connectivity index (χ4v) is 2.25. The minimum Gasteiger partial charge on any atom is -0.399 e. The summed E-state index contributed by atoms with van der Waals surface area (Å²) < 4.78 is 27.4. The zero-order valence-electron chi connectivity index (χ0n) is 10.1. The van der Waals surface area contributed by atoms with Gasteiger partial charge in [0.15, 0.2) is 11.6 Å². The molecule has 1 aromatic rings. The standard InChI is InChI=1S/C12H17F2N3/c1-16(2)9-3-4-17(7-9)12-10(13)5-8(15)6-11(12)14/h5-6,9H,3-4,7,15H2,1-2H3. The van der Waals surface area contributed by atoms with Crippen LogP contribution in [0, 0.1) is 11.6 Å². The maximum atomic E-state index is 13.7. The lowest BCUT2D eigenvalue weighted by Gasteiger charge is -2.22. The van der Waals surface area contributed by atoms with Crippen LogP contribution < -0.4 is 10.6 Å². The van der Waals surface area contributed by atoms with E-state index in [0.29, 0.717) is 19.1 Å². The van der Waals surface area contributed by atoms with Crippen molar-refractivity contribution in [2.75, 3.05) is 37.8 Å². The molecule has 0 radical (unpaired) electrons. The van der Waals surface area contributed by atoms with Crippen LogP contribution in [0.15, 0.2) is 12.1 Å². The van der Waals surface area contributed by atoms with Gasteiger partial charge >= 0.3 is 0 Å². The Bertz CT molecular complexity index is 397. The van der Waals surface area contributed by atoms with Crippen LogP contribution in [-0.4, -0.2) is 38.1 Å². The fourth-order valence-electron chi connectivity index (χ4n) is 2.25. The van der Waals surface area contributed by atoms with Crippen LogP contribution in [0.1, 0.15) is 6.42 Å². The summed E-state index contributed by atoms with van der Waals surface area (Å²) in [5.41, 5.74) is 5.56. The molecule has 1 aromatic carbocycles. The van der Waals surface area contributed by atoms with Gasteiger partial charge in [0.25, 0.3) is 0 Å². The van der Waals surface area contributed by atoms with E-state index in [4.69, 9.17) is 5.73 Å². The molecule has 5 heteroatoms. The minimum absolute atomic E-state index is 0.0450. The Kier molecular flexibility index (Phi) is 3.19. The Labute approximate surface area is 99.8 Å². The van der Waals surface area contributed by atoms with Crippen molar-refractivity contribution in [3.63, 3.8) is 0 Å². The SMILES string of the molecule is CN(C)C1CCN(c2c(F)cc(N)cc2F)C1. The lowest BCUT2D eigenvalue weighted by molar-refractivity contribution is 0.315. The second-order valence-corrected chi connectivity index (χ2v) is 4.69. The van der Waals surface area contributed by atoms with E-state index in [2.05, 4.69) is 4.90 Å². The molecular formula is C12H17F2N3. The molecule has 1 aliphatic rings. The maximum Gasteiger partial charge on any atom is 0.151 e. The molecule has 2 N–H and O–H groups in total. The summed E-state index contributed by atoms with van der Waals surface area (Å²) >= 11 is 0. The van der Waals surface area contributed by atoms with E-state index in [-0.39, 0.29) is 11.4 Å². The Hall–Kier alpha value is -1.36. The van der Waals surface area contributed by atoms with Crippen molar-refractivity contribution < 1.29 is 8.78 Å². The number of nitrogen functional groups attached to an aromatic ring is 1. The molecule has 0 aliphatic carbocycles. The fraction of sp³-hybridized carbons (Fsp3) is 0.500. The highest BCUT2D eigenvalue weighted by molar-refractivity contribution is 5.56. The summed E-state index contributed by atoms with van der Waals surface area (Å²) in [6, 6.07) is 2.68. The largest absolute Gasteiger partial charge is 0.399 e. The van der Waals surface area contributed by atoms with Crippen molar-refractivity contribution in [2.45, 2.75) is 12.5 Å². The Balaban J connectivity index is 2.25. The molecule has 2 rings (SSSR count). The van der Waals surface area contributed by atoms with Gasteiger partial charge in [0.1, 0.15) is 5.69 Å². The van der Waals surface area contributed by atoms with Crippen molar-refractivity contribution in [3.05, 3.63) is 23.8 Å². The number of hydrogen-bond donors (Lipinski definition) is 1. The van der Waals surface area contributed by atoms with E-state index in [1.54, 1.807) is 4.90 Å². The highest BCUT2D eigenvalue weighted by Crippen LogP contribution is 2.29. The molecule has 17 heavy (non-hydrogen) atoms. The first-order valence-electron chi connectivity index (χ1n) is 5.65. The summed E-state index contributed by atoms with van der Waals surface area (Å²) in [5.74, 6) is -1.16. The van der Waals surface area contributed by atoms with E-state index < -0.39 is 11.6 Å². The number of nitrogens with zero attached hydrogens (tertiary/aromatic N) is 2. The third-order valence-electron chi connectivity index (χ3n) is 3.25. The molecule has 0 amide bonds. The first-order valence-corrected chi connectivity index (χ1v) is 5.65. The lowest BCUT2D eigenvalue weighted by atomic mass is 10.2. The van der Waals surface area contributed by atoms with Gasteiger partial charge in [-0.1, -0.05) is 0 Å². The quantitative estimate of drug-likeness (QED) is 0.800. The first kappa shape index (κ1) is 12.1. The molecule has 0 spiro atoms. The highest BCUT2D eigenvalue weighted by Gasteiger charge is 2.27. The predicted molar refractivity (Wildman–Crippen MR) is 65.1 cm³/mol. The second-order valence-electron chi connectivity index (χ2n) is 4.69. The predicted octanol–water partition coefficient (Wildman–Crippen LogP) is 1.69. The summed E-state index contributed by atoms with van der Waals surface area (Å²) in [4.78, 5) is 3.82. The van der Waals surface area contributed by atoms with E-state index >= 15 is 0 Å². The molecule has 94 valence electrons. The van der Waals surface area contributed by atoms with E-state index in [9.17, 15) is 8.78 Å². The van der Waals surface area contributed by atoms with Gasteiger partial charge in [-0.15, -0.1) is 0 Å². The van der Waals surface area contributed by atoms with Crippen molar-refractivity contribution in [1.82, 2.24) is 4.90 Å². The zero-order valence-corrected chi connectivity index (χ0v) is 10.1. The maximum absolute atomic E-state index is 13.7. The van der Waals surface area contributed by atoms with Gasteiger partial charge in [0.2, 0.25) is 0 Å². The topological polar surface area (TPSA) is 32.5 Å². The third kappa shape index (κ3) is 2.34. The van der Waals surface area contributed by atoms with Crippen molar-refractivity contribution >= 4 is 11.4 Å². The van der Waals surface area contributed by atoms with E-state index in [0.717, 1.165) is 6.42 Å². The van der Waals surface area contributed by atoms with Crippen molar-refractivity contribution in [3.8, 4) is 0 Å². The second kappa shape index (κ2) is 4.49. The van der Waals surface area contributed by atoms with Gasteiger partial charge in [0.05, 0.1) is 0 Å². The van der Waals surface area contributed by atoms with Crippen LogP contribution in [0.5, 0.6) is 0 Å². The van der Waals surface area contributed by atoms with Crippen LogP contribution in [0.3, 0.4) is 0 Å². The summed E-state index contributed by atoms with van der Waals surface area (Å²) in [5, 5.41) is 0. The lowest BCUT2D eigenvalue weighted by Crippen LogP contribution is -2.32. The smallest absolute Gasteiger partial charge is 0.151 e. The van der Waals surface area contributed by atoms with Crippen molar-refractivity contribution in [1.29, 1.82) is 0 Å². The molecular weight excluding hydrogens is 224 g/mol. The van der Waals surface area contributed by atoms with Gasteiger partial charge in [-0.3, -0.25) is 0 Å². The Morgan fingerprint density at radius 3 is 2.35 bits per heavy atom. The molecule has 0 aromatic heterocycles. The van der Waals surface area contributed by atoms with Crippen LogP contribution in [0.25, 0.3) is 0 Å². The van der Waals surface area contributed by atoms with Gasteiger partial charge in [-0.05, 0) is 32.6 Å².